The smallest absolute Gasteiger partial charge is 0.258 e. The van der Waals surface area contributed by atoms with Crippen LogP contribution in [0.5, 0.6) is 0 Å². The number of rotatable bonds is 3. The lowest BCUT2D eigenvalue weighted by Crippen LogP contribution is -2.27. The molecule has 1 amide bonds. The van der Waals surface area contributed by atoms with Crippen molar-refractivity contribution in [3.63, 3.8) is 0 Å². The third-order valence-corrected chi connectivity index (χ3v) is 3.80. The first-order valence-corrected chi connectivity index (χ1v) is 10.4. The third-order valence-electron chi connectivity index (χ3n) is 3.57. The van der Waals surface area contributed by atoms with Crippen molar-refractivity contribution < 1.29 is 4.79 Å². The summed E-state index contributed by atoms with van der Waals surface area (Å²) in [6, 6.07) is 19.8. The van der Waals surface area contributed by atoms with Crippen LogP contribution in [0.15, 0.2) is 65.8 Å². The van der Waals surface area contributed by atoms with Crippen molar-refractivity contribution in [2.75, 3.05) is 5.88 Å². The van der Waals surface area contributed by atoms with Gasteiger partial charge in [-0.15, -0.1) is 11.6 Å². The number of alkyl halides is 1. The van der Waals surface area contributed by atoms with E-state index in [1.807, 2.05) is 102 Å². The summed E-state index contributed by atoms with van der Waals surface area (Å²) in [5.74, 6) is -0.231. The standard InChI is InChI=1S/C17H15ClN2O.3C2H6/c18-12-17(21)20-16(14-9-5-2-6-10-14)11-15(19-20)13-7-3-1-4-8-13;3*1-2/h1-10,16H,11-12H2;3*1-2H3. The molecule has 1 heterocycles. The lowest BCUT2D eigenvalue weighted by atomic mass is 9.98. The molecule has 0 aromatic heterocycles. The summed E-state index contributed by atoms with van der Waals surface area (Å²) in [5, 5.41) is 6.02. The minimum Gasteiger partial charge on any atom is -0.272 e. The van der Waals surface area contributed by atoms with Crippen LogP contribution in [-0.2, 0) is 4.79 Å². The fraction of sp³-hybridized carbons (Fsp3) is 0.391. The van der Waals surface area contributed by atoms with Gasteiger partial charge in [-0.05, 0) is 11.1 Å². The minimum absolute atomic E-state index is 0.0606. The number of nitrogens with zero attached hydrogens (tertiary/aromatic N) is 2. The van der Waals surface area contributed by atoms with E-state index < -0.39 is 0 Å². The topological polar surface area (TPSA) is 32.7 Å². The third kappa shape index (κ3) is 7.18. The quantitative estimate of drug-likeness (QED) is 0.539. The molecule has 0 saturated carbocycles. The Kier molecular flexibility index (Phi) is 13.8. The maximum atomic E-state index is 12.1. The predicted molar refractivity (Wildman–Crippen MR) is 118 cm³/mol. The molecule has 0 bridgehead atoms. The average Bonchev–Trinajstić information content (AvgIpc) is 3.24. The molecule has 4 heteroatoms. The van der Waals surface area contributed by atoms with Crippen LogP contribution >= 0.6 is 11.6 Å². The zero-order valence-electron chi connectivity index (χ0n) is 17.4. The molecule has 2 aromatic rings. The molecule has 148 valence electrons. The van der Waals surface area contributed by atoms with Crippen molar-refractivity contribution in [1.82, 2.24) is 5.01 Å². The molecule has 0 N–H and O–H groups in total. The van der Waals surface area contributed by atoms with Crippen molar-refractivity contribution in [2.24, 2.45) is 5.10 Å². The van der Waals surface area contributed by atoms with Crippen molar-refractivity contribution in [2.45, 2.75) is 54.0 Å². The molecule has 2 aromatic carbocycles. The van der Waals surface area contributed by atoms with Crippen LogP contribution in [-0.4, -0.2) is 22.5 Å². The van der Waals surface area contributed by atoms with E-state index in [1.165, 1.54) is 5.01 Å². The number of benzene rings is 2. The van der Waals surface area contributed by atoms with Crippen LogP contribution in [0.25, 0.3) is 0 Å². The Morgan fingerprint density at radius 3 is 1.89 bits per heavy atom. The number of carbonyl (C=O) groups is 1. The van der Waals surface area contributed by atoms with Gasteiger partial charge in [-0.3, -0.25) is 4.79 Å². The fourth-order valence-corrected chi connectivity index (χ4v) is 2.66. The number of hydrogen-bond donors (Lipinski definition) is 0. The van der Waals surface area contributed by atoms with Crippen LogP contribution in [0.4, 0.5) is 0 Å². The molecule has 3 rings (SSSR count). The Bertz CT molecular complexity index is 657. The summed E-state index contributed by atoms with van der Waals surface area (Å²) < 4.78 is 0. The zero-order valence-corrected chi connectivity index (χ0v) is 18.2. The van der Waals surface area contributed by atoms with Crippen LogP contribution in [0.2, 0.25) is 0 Å². The van der Waals surface area contributed by atoms with Gasteiger partial charge < -0.3 is 0 Å². The van der Waals surface area contributed by atoms with E-state index in [4.69, 9.17) is 11.6 Å². The molecular formula is C23H33ClN2O. The first-order chi connectivity index (χ1) is 13.3. The molecule has 3 nitrogen and oxygen atoms in total. The first kappa shape index (κ1) is 24.9. The minimum atomic E-state index is -0.170. The Balaban J connectivity index is 0.00000103. The van der Waals surface area contributed by atoms with Gasteiger partial charge in [-0.25, -0.2) is 5.01 Å². The van der Waals surface area contributed by atoms with Gasteiger partial charge in [0, 0.05) is 6.42 Å². The van der Waals surface area contributed by atoms with E-state index >= 15 is 0 Å². The largest absolute Gasteiger partial charge is 0.272 e. The highest BCUT2D eigenvalue weighted by Gasteiger charge is 2.32. The summed E-state index contributed by atoms with van der Waals surface area (Å²) in [5.41, 5.74) is 3.04. The lowest BCUT2D eigenvalue weighted by Gasteiger charge is -2.21. The first-order valence-electron chi connectivity index (χ1n) is 9.85. The van der Waals surface area contributed by atoms with Crippen LogP contribution in [0.1, 0.15) is 65.1 Å². The average molecular weight is 389 g/mol. The number of hydrazone groups is 1. The highest BCUT2D eigenvalue weighted by Crippen LogP contribution is 2.32. The summed E-state index contributed by atoms with van der Waals surface area (Å²) >= 11 is 5.72. The lowest BCUT2D eigenvalue weighted by molar-refractivity contribution is -0.130. The molecular weight excluding hydrogens is 356 g/mol. The number of amides is 1. The molecule has 0 saturated heterocycles. The van der Waals surface area contributed by atoms with Crippen molar-refractivity contribution >= 4 is 23.2 Å². The Labute approximate surface area is 170 Å². The molecule has 1 atom stereocenters. The van der Waals surface area contributed by atoms with Gasteiger partial charge in [0.15, 0.2) is 0 Å². The predicted octanol–water partition coefficient (Wildman–Crippen LogP) is 6.68. The molecule has 0 radical (unpaired) electrons. The van der Waals surface area contributed by atoms with E-state index in [9.17, 15) is 4.79 Å². The van der Waals surface area contributed by atoms with Crippen LogP contribution < -0.4 is 0 Å². The second-order valence-corrected chi connectivity index (χ2v) is 5.18. The normalized spacial score (nSPS) is 14.4. The number of hydrogen-bond acceptors (Lipinski definition) is 2. The second-order valence-electron chi connectivity index (χ2n) is 4.92. The Hall–Kier alpha value is -2.13. The molecule has 27 heavy (non-hydrogen) atoms. The molecule has 1 aliphatic rings. The van der Waals surface area contributed by atoms with Gasteiger partial charge in [-0.2, -0.15) is 5.10 Å². The molecule has 1 unspecified atom stereocenters. The maximum absolute atomic E-state index is 12.1. The summed E-state index contributed by atoms with van der Waals surface area (Å²) in [7, 11) is 0. The summed E-state index contributed by atoms with van der Waals surface area (Å²) in [6.07, 6.45) is 0.705. The van der Waals surface area contributed by atoms with E-state index in [1.54, 1.807) is 0 Å². The Morgan fingerprint density at radius 2 is 1.41 bits per heavy atom. The molecule has 0 spiro atoms. The van der Waals surface area contributed by atoms with Crippen molar-refractivity contribution in [3.8, 4) is 0 Å². The number of carbonyl (C=O) groups excluding carboxylic acids is 1. The van der Waals surface area contributed by atoms with E-state index in [-0.39, 0.29) is 17.8 Å². The van der Waals surface area contributed by atoms with Crippen molar-refractivity contribution in [1.29, 1.82) is 0 Å². The van der Waals surface area contributed by atoms with Crippen LogP contribution in [0, 0.1) is 0 Å². The highest BCUT2D eigenvalue weighted by atomic mass is 35.5. The van der Waals surface area contributed by atoms with E-state index in [0.29, 0.717) is 6.42 Å². The highest BCUT2D eigenvalue weighted by molar-refractivity contribution is 6.27. The van der Waals surface area contributed by atoms with Gasteiger partial charge in [0.1, 0.15) is 5.88 Å². The SMILES string of the molecule is CC.CC.CC.O=C(CCl)N1N=C(c2ccccc2)CC1c1ccccc1. The van der Waals surface area contributed by atoms with Crippen molar-refractivity contribution in [3.05, 3.63) is 71.8 Å². The van der Waals surface area contributed by atoms with Crippen LogP contribution in [0.3, 0.4) is 0 Å². The number of halogens is 1. The molecule has 1 aliphatic heterocycles. The maximum Gasteiger partial charge on any atom is 0.258 e. The Morgan fingerprint density at radius 1 is 0.926 bits per heavy atom. The molecule has 0 aliphatic carbocycles. The van der Waals surface area contributed by atoms with Gasteiger partial charge in [0.25, 0.3) is 5.91 Å². The summed E-state index contributed by atoms with van der Waals surface area (Å²) in [4.78, 5) is 12.1. The zero-order chi connectivity index (χ0) is 20.7. The summed E-state index contributed by atoms with van der Waals surface area (Å²) in [6.45, 7) is 12.0. The monoisotopic (exact) mass is 388 g/mol. The van der Waals surface area contributed by atoms with E-state index in [0.717, 1.165) is 16.8 Å². The van der Waals surface area contributed by atoms with Gasteiger partial charge in [0.2, 0.25) is 0 Å². The van der Waals surface area contributed by atoms with Gasteiger partial charge >= 0.3 is 0 Å². The molecule has 0 fully saturated rings. The second kappa shape index (κ2) is 15.0. The van der Waals surface area contributed by atoms with Gasteiger partial charge in [-0.1, -0.05) is 102 Å². The van der Waals surface area contributed by atoms with Gasteiger partial charge in [0.05, 0.1) is 11.8 Å². The fourth-order valence-electron chi connectivity index (χ4n) is 2.54. The van der Waals surface area contributed by atoms with E-state index in [2.05, 4.69) is 5.10 Å².